The number of nitrogens with zero attached hydrogens (tertiary/aromatic N) is 1. The van der Waals surface area contributed by atoms with E-state index in [-0.39, 0.29) is 11.4 Å². The average Bonchev–Trinajstić information content (AvgIpc) is 2.38. The van der Waals surface area contributed by atoms with E-state index in [0.717, 1.165) is 16.4 Å². The van der Waals surface area contributed by atoms with Gasteiger partial charge in [-0.3, -0.25) is 0 Å². The lowest BCUT2D eigenvalue weighted by Gasteiger charge is -2.17. The number of hydrogen-bond donors (Lipinski definition) is 0. The van der Waals surface area contributed by atoms with E-state index in [1.54, 1.807) is 0 Å². The zero-order valence-electron chi connectivity index (χ0n) is 11.1. The Labute approximate surface area is 118 Å². The molecule has 0 saturated carbocycles. The van der Waals surface area contributed by atoms with Gasteiger partial charge >= 0.3 is 10.2 Å². The Morgan fingerprint density at radius 3 is 2.35 bits per heavy atom. The summed E-state index contributed by atoms with van der Waals surface area (Å²) in [5.41, 5.74) is 0. The van der Waals surface area contributed by atoms with Gasteiger partial charge < -0.3 is 4.74 Å². The maximum Gasteiger partial charge on any atom is 0.332 e. The summed E-state index contributed by atoms with van der Waals surface area (Å²) in [5, 5.41) is 0. The summed E-state index contributed by atoms with van der Waals surface area (Å²) in [5.74, 6) is 0. The van der Waals surface area contributed by atoms with Gasteiger partial charge in [0, 0.05) is 27.3 Å². The summed E-state index contributed by atoms with van der Waals surface area (Å²) in [4.78, 5) is -0.944. The van der Waals surface area contributed by atoms with Crippen molar-refractivity contribution in [1.82, 2.24) is 4.31 Å². The first kappa shape index (κ1) is 17.0. The molecule has 0 unspecified atom stereocenters. The standard InChI is InChI=1S/C11H16FNO5S2/c1-13(7-4-8-18-2)20(16,17)11-6-3-5-10(9-11)19(12,14)15/h3,5-6,9H,4,7-8H2,1-2H3. The molecule has 0 heterocycles. The van der Waals surface area contributed by atoms with Crippen molar-refractivity contribution in [2.45, 2.75) is 16.2 Å². The SMILES string of the molecule is COCCCN(C)S(=O)(=O)c1cccc(S(=O)(=O)F)c1. The molecule has 6 nitrogen and oxygen atoms in total. The number of methoxy groups -OCH3 is 1. The molecule has 0 spiro atoms. The Balaban J connectivity index is 3.04. The maximum absolute atomic E-state index is 12.9. The molecule has 0 bridgehead atoms. The second-order valence-electron chi connectivity index (χ2n) is 4.09. The normalized spacial score (nSPS) is 12.8. The maximum atomic E-state index is 12.9. The minimum absolute atomic E-state index is 0.211. The van der Waals surface area contributed by atoms with Crippen LogP contribution in [0.25, 0.3) is 0 Å². The molecule has 0 aliphatic carbocycles. The molecule has 0 atom stereocenters. The third kappa shape index (κ3) is 4.23. The van der Waals surface area contributed by atoms with E-state index in [1.807, 2.05) is 0 Å². The van der Waals surface area contributed by atoms with Crippen LogP contribution in [0.4, 0.5) is 3.89 Å². The summed E-state index contributed by atoms with van der Waals surface area (Å²) < 4.78 is 64.7. The number of ether oxygens (including phenoxy) is 1. The molecular formula is C11H16FNO5S2. The number of halogens is 1. The molecule has 1 aromatic rings. The largest absolute Gasteiger partial charge is 0.385 e. The number of sulfonamides is 1. The molecule has 1 rings (SSSR count). The lowest BCUT2D eigenvalue weighted by atomic mass is 10.4. The van der Waals surface area contributed by atoms with Crippen LogP contribution in [0.15, 0.2) is 34.1 Å². The lowest BCUT2D eigenvalue weighted by molar-refractivity contribution is 0.189. The molecule has 0 saturated heterocycles. The van der Waals surface area contributed by atoms with E-state index in [9.17, 15) is 20.7 Å². The average molecular weight is 325 g/mol. The van der Waals surface area contributed by atoms with Crippen LogP contribution in [0, 0.1) is 0 Å². The van der Waals surface area contributed by atoms with Crippen molar-refractivity contribution in [3.05, 3.63) is 24.3 Å². The van der Waals surface area contributed by atoms with Crippen LogP contribution in [-0.4, -0.2) is 48.4 Å². The first-order valence-corrected chi connectivity index (χ1v) is 8.52. The van der Waals surface area contributed by atoms with Gasteiger partial charge in [0.1, 0.15) is 0 Å². The van der Waals surface area contributed by atoms with E-state index in [0.29, 0.717) is 13.0 Å². The fourth-order valence-corrected chi connectivity index (χ4v) is 3.36. The Kier molecular flexibility index (Phi) is 5.63. The fourth-order valence-electron chi connectivity index (χ4n) is 1.52. The third-order valence-electron chi connectivity index (χ3n) is 2.62. The van der Waals surface area contributed by atoms with Crippen molar-refractivity contribution >= 4 is 20.2 Å². The van der Waals surface area contributed by atoms with Crippen LogP contribution >= 0.6 is 0 Å². The van der Waals surface area contributed by atoms with E-state index >= 15 is 0 Å². The van der Waals surface area contributed by atoms with Gasteiger partial charge in [-0.25, -0.2) is 12.7 Å². The molecule has 1 aromatic carbocycles. The topological polar surface area (TPSA) is 80.8 Å². The summed E-state index contributed by atoms with van der Waals surface area (Å²) in [6.07, 6.45) is 0.493. The molecule has 0 radical (unpaired) electrons. The molecule has 0 N–H and O–H groups in total. The summed E-state index contributed by atoms with van der Waals surface area (Å²) in [6.45, 7) is 0.613. The first-order valence-electron chi connectivity index (χ1n) is 5.69. The van der Waals surface area contributed by atoms with E-state index in [2.05, 4.69) is 0 Å². The van der Waals surface area contributed by atoms with Gasteiger partial charge in [-0.15, -0.1) is 3.89 Å². The van der Waals surface area contributed by atoms with Gasteiger partial charge in [-0.2, -0.15) is 8.42 Å². The van der Waals surface area contributed by atoms with Gasteiger partial charge in [0.05, 0.1) is 9.79 Å². The summed E-state index contributed by atoms with van der Waals surface area (Å²) in [6, 6.07) is 4.20. The molecule has 114 valence electrons. The van der Waals surface area contributed by atoms with Crippen LogP contribution in [0.3, 0.4) is 0 Å². The van der Waals surface area contributed by atoms with Gasteiger partial charge in [0.15, 0.2) is 0 Å². The highest BCUT2D eigenvalue weighted by Crippen LogP contribution is 2.20. The van der Waals surface area contributed by atoms with Crippen molar-refractivity contribution in [2.75, 3.05) is 27.3 Å². The van der Waals surface area contributed by atoms with Crippen LogP contribution in [-0.2, 0) is 25.0 Å². The van der Waals surface area contributed by atoms with Gasteiger partial charge in [-0.1, -0.05) is 6.07 Å². The van der Waals surface area contributed by atoms with Gasteiger partial charge in [0.25, 0.3) is 0 Å². The number of rotatable bonds is 7. The fraction of sp³-hybridized carbons (Fsp3) is 0.455. The lowest BCUT2D eigenvalue weighted by Crippen LogP contribution is -2.28. The second-order valence-corrected chi connectivity index (χ2v) is 7.48. The van der Waals surface area contributed by atoms with Crippen molar-refractivity contribution < 1.29 is 25.5 Å². The molecule has 0 aliphatic rings. The number of hydrogen-bond acceptors (Lipinski definition) is 5. The Hall–Kier alpha value is -1.03. The highest BCUT2D eigenvalue weighted by molar-refractivity contribution is 7.89. The Morgan fingerprint density at radius 2 is 1.80 bits per heavy atom. The zero-order chi connectivity index (χ0) is 15.4. The predicted molar refractivity (Wildman–Crippen MR) is 71.0 cm³/mol. The van der Waals surface area contributed by atoms with E-state index < -0.39 is 25.1 Å². The van der Waals surface area contributed by atoms with Crippen molar-refractivity contribution in [2.24, 2.45) is 0 Å². The Bertz CT molecular complexity index is 657. The van der Waals surface area contributed by atoms with E-state index in [4.69, 9.17) is 4.74 Å². The quantitative estimate of drug-likeness (QED) is 0.552. The Morgan fingerprint density at radius 1 is 1.20 bits per heavy atom. The van der Waals surface area contributed by atoms with Crippen molar-refractivity contribution in [3.63, 3.8) is 0 Å². The van der Waals surface area contributed by atoms with Crippen LogP contribution in [0.5, 0.6) is 0 Å². The van der Waals surface area contributed by atoms with Gasteiger partial charge in [-0.05, 0) is 24.6 Å². The smallest absolute Gasteiger partial charge is 0.332 e. The van der Waals surface area contributed by atoms with Crippen molar-refractivity contribution in [3.8, 4) is 0 Å². The van der Waals surface area contributed by atoms with Crippen molar-refractivity contribution in [1.29, 1.82) is 0 Å². The number of benzene rings is 1. The summed E-state index contributed by atoms with van der Waals surface area (Å²) >= 11 is 0. The molecule has 0 aromatic heterocycles. The first-order chi connectivity index (χ1) is 9.19. The van der Waals surface area contributed by atoms with Crippen LogP contribution in [0.1, 0.15) is 6.42 Å². The molecule has 20 heavy (non-hydrogen) atoms. The molecular weight excluding hydrogens is 309 g/mol. The molecule has 0 fully saturated rings. The third-order valence-corrected chi connectivity index (χ3v) is 5.29. The monoisotopic (exact) mass is 325 g/mol. The minimum atomic E-state index is -4.94. The zero-order valence-corrected chi connectivity index (χ0v) is 12.7. The van der Waals surface area contributed by atoms with E-state index in [1.165, 1.54) is 26.3 Å². The molecule has 9 heteroatoms. The predicted octanol–water partition coefficient (Wildman–Crippen LogP) is 1.00. The molecule has 0 amide bonds. The second kappa shape index (κ2) is 6.61. The minimum Gasteiger partial charge on any atom is -0.385 e. The van der Waals surface area contributed by atoms with Crippen LogP contribution < -0.4 is 0 Å². The van der Waals surface area contributed by atoms with Crippen LogP contribution in [0.2, 0.25) is 0 Å². The highest BCUT2D eigenvalue weighted by Gasteiger charge is 2.22. The molecule has 0 aliphatic heterocycles. The highest BCUT2D eigenvalue weighted by atomic mass is 32.3. The van der Waals surface area contributed by atoms with Gasteiger partial charge in [0.2, 0.25) is 10.0 Å². The summed E-state index contributed by atoms with van der Waals surface area (Å²) in [7, 11) is -5.92.